The van der Waals surface area contributed by atoms with Gasteiger partial charge in [0.1, 0.15) is 11.5 Å². The third kappa shape index (κ3) is 2.24. The second-order valence-corrected chi connectivity index (χ2v) is 5.42. The van der Waals surface area contributed by atoms with Gasteiger partial charge in [-0.1, -0.05) is 17.3 Å². The van der Waals surface area contributed by atoms with Gasteiger partial charge in [0.15, 0.2) is 5.82 Å². The summed E-state index contributed by atoms with van der Waals surface area (Å²) < 4.78 is 15.0. The number of hydrogen-bond donors (Lipinski definition) is 1. The Hall–Kier alpha value is -2.69. The molecule has 5 heteroatoms. The van der Waals surface area contributed by atoms with Crippen molar-refractivity contribution in [2.45, 2.75) is 20.8 Å². The van der Waals surface area contributed by atoms with E-state index in [0.717, 1.165) is 22.4 Å². The van der Waals surface area contributed by atoms with Crippen molar-refractivity contribution in [3.63, 3.8) is 0 Å². The summed E-state index contributed by atoms with van der Waals surface area (Å²) in [5.74, 6) is 0.198. The predicted octanol–water partition coefficient (Wildman–Crippen LogP) is 3.58. The van der Waals surface area contributed by atoms with Crippen LogP contribution in [-0.4, -0.2) is 15.0 Å². The number of anilines is 1. The van der Waals surface area contributed by atoms with Crippen molar-refractivity contribution in [1.82, 2.24) is 15.0 Å². The van der Waals surface area contributed by atoms with Crippen molar-refractivity contribution in [3.8, 4) is 16.9 Å². The minimum Gasteiger partial charge on any atom is -0.382 e. The highest BCUT2D eigenvalue weighted by molar-refractivity contribution is 5.71. The molecule has 0 aliphatic carbocycles. The lowest BCUT2D eigenvalue weighted by atomic mass is 10.1. The molecular weight excluding hydrogens is 279 g/mol. The second-order valence-electron chi connectivity index (χ2n) is 5.42. The summed E-state index contributed by atoms with van der Waals surface area (Å²) >= 11 is 0. The van der Waals surface area contributed by atoms with Crippen LogP contribution in [0.2, 0.25) is 0 Å². The number of nitrogen functional groups attached to an aromatic ring is 1. The third-order valence-corrected chi connectivity index (χ3v) is 3.94. The van der Waals surface area contributed by atoms with Gasteiger partial charge in [0.2, 0.25) is 0 Å². The average molecular weight is 296 g/mol. The molecule has 2 aromatic carbocycles. The zero-order valence-electron chi connectivity index (χ0n) is 12.8. The fraction of sp³-hybridized carbons (Fsp3) is 0.176. The molecule has 0 saturated heterocycles. The van der Waals surface area contributed by atoms with Crippen LogP contribution in [0.4, 0.5) is 10.2 Å². The van der Waals surface area contributed by atoms with Crippen LogP contribution in [0.25, 0.3) is 16.9 Å². The van der Waals surface area contributed by atoms with Crippen LogP contribution in [0.5, 0.6) is 0 Å². The lowest BCUT2D eigenvalue weighted by Crippen LogP contribution is -2.05. The van der Waals surface area contributed by atoms with Gasteiger partial charge in [-0.05, 0) is 61.7 Å². The molecule has 0 atom stereocenters. The largest absolute Gasteiger partial charge is 0.382 e. The monoisotopic (exact) mass is 296 g/mol. The van der Waals surface area contributed by atoms with E-state index in [-0.39, 0.29) is 5.82 Å². The summed E-state index contributed by atoms with van der Waals surface area (Å²) in [6, 6.07) is 10.8. The molecular formula is C17H17FN4. The standard InChI is InChI=1S/C17H17FN4/c1-10-5-4-6-15(12(10)3)22-17(19)16(20-21-22)13-7-8-14(18)11(2)9-13/h4-9H,19H2,1-3H3. The molecule has 112 valence electrons. The van der Waals surface area contributed by atoms with E-state index in [4.69, 9.17) is 5.73 Å². The van der Waals surface area contributed by atoms with Crippen LogP contribution in [0.15, 0.2) is 36.4 Å². The second kappa shape index (κ2) is 5.26. The van der Waals surface area contributed by atoms with Gasteiger partial charge in [-0.3, -0.25) is 0 Å². The van der Waals surface area contributed by atoms with Gasteiger partial charge in [-0.25, -0.2) is 4.39 Å². The number of aromatic nitrogens is 3. The van der Waals surface area contributed by atoms with Crippen molar-refractivity contribution < 1.29 is 4.39 Å². The maximum Gasteiger partial charge on any atom is 0.155 e. The van der Waals surface area contributed by atoms with E-state index in [1.807, 2.05) is 32.0 Å². The van der Waals surface area contributed by atoms with E-state index in [1.165, 1.54) is 6.07 Å². The topological polar surface area (TPSA) is 56.7 Å². The molecule has 0 saturated carbocycles. The molecule has 2 N–H and O–H groups in total. The molecule has 4 nitrogen and oxygen atoms in total. The first-order valence-corrected chi connectivity index (χ1v) is 7.03. The Bertz CT molecular complexity index is 852. The molecule has 22 heavy (non-hydrogen) atoms. The van der Waals surface area contributed by atoms with E-state index < -0.39 is 0 Å². The Morgan fingerprint density at radius 1 is 1.05 bits per heavy atom. The summed E-state index contributed by atoms with van der Waals surface area (Å²) in [5, 5.41) is 8.33. The smallest absolute Gasteiger partial charge is 0.155 e. The molecule has 0 aliphatic rings. The third-order valence-electron chi connectivity index (χ3n) is 3.94. The van der Waals surface area contributed by atoms with Crippen molar-refractivity contribution in [1.29, 1.82) is 0 Å². The fourth-order valence-electron chi connectivity index (χ4n) is 2.43. The van der Waals surface area contributed by atoms with Gasteiger partial charge in [-0.2, -0.15) is 4.68 Å². The first-order chi connectivity index (χ1) is 10.5. The van der Waals surface area contributed by atoms with E-state index in [9.17, 15) is 4.39 Å². The summed E-state index contributed by atoms with van der Waals surface area (Å²) in [7, 11) is 0. The Morgan fingerprint density at radius 3 is 2.55 bits per heavy atom. The SMILES string of the molecule is Cc1cc(-c2nnn(-c3cccc(C)c3C)c2N)ccc1F. The molecule has 0 unspecified atom stereocenters. The Balaban J connectivity index is 2.13. The van der Waals surface area contributed by atoms with Gasteiger partial charge in [0, 0.05) is 5.56 Å². The molecule has 0 amide bonds. The van der Waals surface area contributed by atoms with Crippen LogP contribution >= 0.6 is 0 Å². The molecule has 0 fully saturated rings. The van der Waals surface area contributed by atoms with Gasteiger partial charge >= 0.3 is 0 Å². The first-order valence-electron chi connectivity index (χ1n) is 7.03. The molecule has 0 bridgehead atoms. The normalized spacial score (nSPS) is 10.9. The minimum absolute atomic E-state index is 0.246. The van der Waals surface area contributed by atoms with Crippen LogP contribution < -0.4 is 5.73 Å². The maximum atomic E-state index is 13.4. The zero-order chi connectivity index (χ0) is 15.9. The van der Waals surface area contributed by atoms with E-state index >= 15 is 0 Å². The average Bonchev–Trinajstić information content (AvgIpc) is 2.87. The summed E-state index contributed by atoms with van der Waals surface area (Å²) in [6.45, 7) is 5.77. The quantitative estimate of drug-likeness (QED) is 0.786. The predicted molar refractivity (Wildman–Crippen MR) is 85.4 cm³/mol. The highest BCUT2D eigenvalue weighted by Gasteiger charge is 2.15. The number of aryl methyl sites for hydroxylation is 2. The molecule has 1 aromatic heterocycles. The Kier molecular flexibility index (Phi) is 3.41. The van der Waals surface area contributed by atoms with Crippen molar-refractivity contribution in [2.24, 2.45) is 0 Å². The van der Waals surface area contributed by atoms with Gasteiger partial charge in [0.05, 0.1) is 5.69 Å². The summed E-state index contributed by atoms with van der Waals surface area (Å²) in [4.78, 5) is 0. The van der Waals surface area contributed by atoms with Crippen molar-refractivity contribution in [3.05, 3.63) is 58.9 Å². The summed E-state index contributed by atoms with van der Waals surface area (Å²) in [5.41, 5.74) is 11.2. The molecule has 3 rings (SSSR count). The molecule has 3 aromatic rings. The number of nitrogens with two attached hydrogens (primary N) is 1. The van der Waals surface area contributed by atoms with Crippen LogP contribution in [-0.2, 0) is 0 Å². The first kappa shape index (κ1) is 14.3. The van der Waals surface area contributed by atoms with Crippen LogP contribution in [0, 0.1) is 26.6 Å². The lowest BCUT2D eigenvalue weighted by molar-refractivity contribution is 0.619. The van der Waals surface area contributed by atoms with E-state index in [0.29, 0.717) is 17.1 Å². The molecule has 1 heterocycles. The Labute approximate surface area is 128 Å². The van der Waals surface area contributed by atoms with Crippen molar-refractivity contribution >= 4 is 5.82 Å². The van der Waals surface area contributed by atoms with Crippen LogP contribution in [0.3, 0.4) is 0 Å². The highest BCUT2D eigenvalue weighted by Crippen LogP contribution is 2.28. The Morgan fingerprint density at radius 2 is 1.82 bits per heavy atom. The van der Waals surface area contributed by atoms with Crippen LogP contribution in [0.1, 0.15) is 16.7 Å². The molecule has 0 radical (unpaired) electrons. The lowest BCUT2D eigenvalue weighted by Gasteiger charge is -2.09. The highest BCUT2D eigenvalue weighted by atomic mass is 19.1. The number of rotatable bonds is 2. The molecule has 0 aliphatic heterocycles. The van der Waals surface area contributed by atoms with E-state index in [1.54, 1.807) is 23.7 Å². The zero-order valence-corrected chi connectivity index (χ0v) is 12.8. The maximum absolute atomic E-state index is 13.4. The van der Waals surface area contributed by atoms with Crippen molar-refractivity contribution in [2.75, 3.05) is 5.73 Å². The minimum atomic E-state index is -0.246. The van der Waals surface area contributed by atoms with Gasteiger partial charge in [-0.15, -0.1) is 5.10 Å². The number of hydrogen-bond acceptors (Lipinski definition) is 3. The molecule has 0 spiro atoms. The number of nitrogens with zero attached hydrogens (tertiary/aromatic N) is 3. The van der Waals surface area contributed by atoms with Gasteiger partial charge < -0.3 is 5.73 Å². The number of halogens is 1. The fourth-order valence-corrected chi connectivity index (χ4v) is 2.43. The van der Waals surface area contributed by atoms with E-state index in [2.05, 4.69) is 10.3 Å². The number of benzene rings is 2. The van der Waals surface area contributed by atoms with Gasteiger partial charge in [0.25, 0.3) is 0 Å². The summed E-state index contributed by atoms with van der Waals surface area (Å²) in [6.07, 6.45) is 0.